The number of rotatable bonds is 6. The second-order valence-corrected chi connectivity index (χ2v) is 11.8. The topological polar surface area (TPSA) is 191 Å². The van der Waals surface area contributed by atoms with Gasteiger partial charge in [0, 0.05) is 34.7 Å². The first-order chi connectivity index (χ1) is 23.4. The molecule has 6 rings (SSSR count). The molecule has 260 valence electrons. The van der Waals surface area contributed by atoms with Crippen LogP contribution in [0.3, 0.4) is 0 Å². The molecule has 0 aliphatic carbocycles. The molecule has 2 aromatic heterocycles. The second kappa shape index (κ2) is 18.3. The van der Waals surface area contributed by atoms with Crippen LogP contribution in [0.4, 0.5) is 0 Å². The Hall–Kier alpha value is -4.53. The monoisotopic (exact) mass is 732 g/mol. The zero-order valence-corrected chi connectivity index (χ0v) is 29.2. The molecule has 5 N–H and O–H groups in total. The van der Waals surface area contributed by atoms with Gasteiger partial charge >= 0.3 is 11.9 Å². The Kier molecular flexibility index (Phi) is 14.5. The van der Waals surface area contributed by atoms with Crippen molar-refractivity contribution in [3.05, 3.63) is 122 Å². The van der Waals surface area contributed by atoms with Gasteiger partial charge in [-0.05, 0) is 73.9 Å². The van der Waals surface area contributed by atoms with Crippen LogP contribution >= 0.6 is 34.8 Å². The van der Waals surface area contributed by atoms with Crippen molar-refractivity contribution < 1.29 is 14.3 Å². The minimum Gasteiger partial charge on any atom is -0.386 e. The first kappa shape index (κ1) is 38.9. The number of cyclic esters (lactones) is 2. The van der Waals surface area contributed by atoms with Gasteiger partial charge in [-0.2, -0.15) is 0 Å². The van der Waals surface area contributed by atoms with E-state index in [2.05, 4.69) is 27.3 Å². The van der Waals surface area contributed by atoms with Crippen molar-refractivity contribution in [2.45, 2.75) is 53.1 Å². The summed E-state index contributed by atoms with van der Waals surface area (Å²) < 4.78 is 7.00. The van der Waals surface area contributed by atoms with Crippen LogP contribution in [0.1, 0.15) is 60.7 Å². The van der Waals surface area contributed by atoms with E-state index in [0.29, 0.717) is 49.7 Å². The van der Waals surface area contributed by atoms with Crippen molar-refractivity contribution in [3.63, 3.8) is 0 Å². The highest BCUT2D eigenvalue weighted by Gasteiger charge is 2.29. The lowest BCUT2D eigenvalue weighted by atomic mass is 10.1. The molecule has 1 aliphatic rings. The number of esters is 2. The Morgan fingerprint density at radius 3 is 1.61 bits per heavy atom. The number of nitrogens with two attached hydrogens (primary N) is 1. The molecule has 16 heteroatoms. The molecule has 13 nitrogen and oxygen atoms in total. The summed E-state index contributed by atoms with van der Waals surface area (Å²) in [7, 11) is 0. The van der Waals surface area contributed by atoms with E-state index in [1.54, 1.807) is 30.3 Å². The second-order valence-electron chi connectivity index (χ2n) is 10.5. The van der Waals surface area contributed by atoms with Gasteiger partial charge in [-0.3, -0.25) is 40.6 Å². The number of ether oxygens (including phenoxy) is 1. The molecular formula is C33H35Cl3N6O7. The van der Waals surface area contributed by atoms with E-state index in [0.717, 1.165) is 25.8 Å². The van der Waals surface area contributed by atoms with Crippen molar-refractivity contribution >= 4 is 68.3 Å². The number of carbonyl (C=O) groups excluding carboxylic acids is 2. The van der Waals surface area contributed by atoms with Crippen LogP contribution in [-0.4, -0.2) is 38.0 Å². The van der Waals surface area contributed by atoms with Crippen LogP contribution in [0, 0.1) is 0 Å². The molecule has 0 saturated carbocycles. The highest BCUT2D eigenvalue weighted by atomic mass is 35.5. The summed E-state index contributed by atoms with van der Waals surface area (Å²) in [5, 5.41) is 7.89. The number of aryl methyl sites for hydroxylation is 2. The predicted molar refractivity (Wildman–Crippen MR) is 192 cm³/mol. The van der Waals surface area contributed by atoms with Crippen molar-refractivity contribution in [1.82, 2.24) is 25.0 Å². The number of nitrogens with zero attached hydrogens (tertiary/aromatic N) is 2. The zero-order valence-electron chi connectivity index (χ0n) is 26.9. The highest BCUT2D eigenvalue weighted by Crippen LogP contribution is 2.23. The Morgan fingerprint density at radius 1 is 0.612 bits per heavy atom. The number of hydrazine groups is 1. The molecule has 0 spiro atoms. The fraction of sp³-hybridized carbons (Fsp3) is 0.273. The highest BCUT2D eigenvalue weighted by molar-refractivity contribution is 6.32. The predicted octanol–water partition coefficient (Wildman–Crippen LogP) is 5.02. The molecule has 3 aromatic carbocycles. The Labute approximate surface area is 294 Å². The van der Waals surface area contributed by atoms with Crippen LogP contribution in [0.2, 0.25) is 15.1 Å². The van der Waals surface area contributed by atoms with Crippen molar-refractivity contribution in [2.24, 2.45) is 5.84 Å². The maximum absolute atomic E-state index is 12.0. The number of H-pyrrole nitrogens is 2. The van der Waals surface area contributed by atoms with Gasteiger partial charge < -0.3 is 4.74 Å². The summed E-state index contributed by atoms with van der Waals surface area (Å²) in [6.45, 7) is 7.87. The molecule has 5 aromatic rings. The molecule has 0 saturated heterocycles. The van der Waals surface area contributed by atoms with Gasteiger partial charge in [-0.1, -0.05) is 55.6 Å². The number of carbonyl (C=O) groups is 2. The molecule has 49 heavy (non-hydrogen) atoms. The lowest BCUT2D eigenvalue weighted by Gasteiger charge is -2.05. The van der Waals surface area contributed by atoms with Gasteiger partial charge in [0.2, 0.25) is 0 Å². The first-order valence-electron chi connectivity index (χ1n) is 15.2. The van der Waals surface area contributed by atoms with E-state index in [4.69, 9.17) is 40.6 Å². The van der Waals surface area contributed by atoms with E-state index < -0.39 is 11.9 Å². The van der Waals surface area contributed by atoms with Gasteiger partial charge in [-0.15, -0.1) is 0 Å². The lowest BCUT2D eigenvalue weighted by molar-refractivity contribution is 0.0443. The molecule has 1 aliphatic heterocycles. The van der Waals surface area contributed by atoms with E-state index in [1.807, 2.05) is 13.8 Å². The van der Waals surface area contributed by atoms with Gasteiger partial charge in [-0.25, -0.2) is 19.0 Å². The van der Waals surface area contributed by atoms with Crippen molar-refractivity contribution in [3.8, 4) is 0 Å². The Balaban J connectivity index is 0.000000188. The molecule has 0 atom stereocenters. The summed E-state index contributed by atoms with van der Waals surface area (Å²) in [6.07, 6.45) is 2.67. The van der Waals surface area contributed by atoms with E-state index in [9.17, 15) is 28.8 Å². The summed E-state index contributed by atoms with van der Waals surface area (Å²) in [6, 6.07) is 13.8. The average molecular weight is 734 g/mol. The van der Waals surface area contributed by atoms with Crippen LogP contribution in [0.5, 0.6) is 0 Å². The molecular weight excluding hydrogens is 699 g/mol. The van der Waals surface area contributed by atoms with Crippen LogP contribution in [-0.2, 0) is 17.8 Å². The molecule has 0 radical (unpaired) electrons. The van der Waals surface area contributed by atoms with E-state index in [-0.39, 0.29) is 33.4 Å². The number of benzene rings is 3. The molecule has 0 unspecified atom stereocenters. The molecule has 0 fully saturated rings. The van der Waals surface area contributed by atoms with Gasteiger partial charge in [0.15, 0.2) is 0 Å². The van der Waals surface area contributed by atoms with Gasteiger partial charge in [0.25, 0.3) is 22.2 Å². The molecule has 0 bridgehead atoms. The molecule has 3 heterocycles. The maximum Gasteiger partial charge on any atom is 0.346 e. The van der Waals surface area contributed by atoms with E-state index >= 15 is 0 Å². The van der Waals surface area contributed by atoms with Gasteiger partial charge in [0.05, 0.1) is 32.7 Å². The smallest absolute Gasteiger partial charge is 0.346 e. The number of aromatic nitrogens is 4. The van der Waals surface area contributed by atoms with Crippen molar-refractivity contribution in [2.75, 3.05) is 6.54 Å². The summed E-state index contributed by atoms with van der Waals surface area (Å²) in [4.78, 5) is 69.1. The largest absolute Gasteiger partial charge is 0.386 e. The molecule has 0 amide bonds. The average Bonchev–Trinajstić information content (AvgIpc) is 3.35. The third-order valence-electron chi connectivity index (χ3n) is 6.77. The van der Waals surface area contributed by atoms with E-state index in [1.165, 1.54) is 33.6 Å². The SMILES string of the molecule is CCCNN.CCCn1[nH]c(=O)c2cc(Cl)ccc2c1=O.CCCn1[nH]c(=O)c2ccc(Cl)cc2c1=O.O=C1OC(=O)c2cc(Cl)ccc21. The standard InChI is InChI=1S/2C11H11ClN2O2.C8H3ClO3.C3H10N2/c1-2-5-14-11(16)8-4-3-7(12)6-9(8)10(15)13-14;1-2-5-14-11(16)9-6-7(12)3-4-8(9)10(15)13-14;9-4-1-2-5-6(3-4)8(11)12-7(5)10;1-2-3-5-4/h2*3-4,6H,2,5H2,1H3,(H,13,15);1-3H;5H,2-4H2,1H3. The Bertz CT molecular complexity index is 2210. The summed E-state index contributed by atoms with van der Waals surface area (Å²) >= 11 is 17.2. The fourth-order valence-corrected chi connectivity index (χ4v) is 5.02. The zero-order chi connectivity index (χ0) is 36.2. The third-order valence-corrected chi connectivity index (χ3v) is 7.48. The first-order valence-corrected chi connectivity index (χ1v) is 16.3. The third kappa shape index (κ3) is 10.00. The lowest BCUT2D eigenvalue weighted by Crippen LogP contribution is -2.29. The summed E-state index contributed by atoms with van der Waals surface area (Å²) in [5.74, 6) is 3.66. The normalized spacial score (nSPS) is 11.5. The Morgan fingerprint density at radius 2 is 1.08 bits per heavy atom. The minimum atomic E-state index is -0.627. The van der Waals surface area contributed by atoms with Crippen LogP contribution < -0.4 is 33.5 Å². The number of nitrogens with one attached hydrogen (secondary N) is 3. The number of hydrogen-bond donors (Lipinski definition) is 4. The van der Waals surface area contributed by atoms with Crippen LogP contribution in [0.25, 0.3) is 21.5 Å². The number of halogens is 3. The van der Waals surface area contributed by atoms with Crippen molar-refractivity contribution in [1.29, 1.82) is 0 Å². The maximum atomic E-state index is 12.0. The fourth-order valence-electron chi connectivity index (χ4n) is 4.50. The number of aromatic amines is 2. The number of hydrogen-bond acceptors (Lipinski definition) is 9. The summed E-state index contributed by atoms with van der Waals surface area (Å²) in [5.41, 5.74) is 2.10. The number of fused-ring (bicyclic) bond motifs is 3. The quantitative estimate of drug-likeness (QED) is 0.0804. The van der Waals surface area contributed by atoms with Crippen LogP contribution in [0.15, 0.2) is 73.8 Å². The minimum absolute atomic E-state index is 0.187. The van der Waals surface area contributed by atoms with Gasteiger partial charge in [0.1, 0.15) is 0 Å².